The number of amides is 1. The molecule has 2 heterocycles. The number of para-hydroxylation sites is 1. The van der Waals surface area contributed by atoms with Gasteiger partial charge in [0.2, 0.25) is 0 Å². The molecule has 2 aromatic carbocycles. The number of aromatic amines is 1. The third-order valence-corrected chi connectivity index (χ3v) is 10.2. The van der Waals surface area contributed by atoms with Crippen LogP contribution >= 0.6 is 0 Å². The van der Waals surface area contributed by atoms with E-state index in [1.807, 2.05) is 0 Å². The molecular formula is C34H44N2O2. The lowest BCUT2D eigenvalue weighted by Gasteiger charge is -2.46. The minimum atomic E-state index is -0.0992. The van der Waals surface area contributed by atoms with Crippen LogP contribution in [0.5, 0.6) is 0 Å². The van der Waals surface area contributed by atoms with Gasteiger partial charge in [-0.3, -0.25) is 4.90 Å². The average molecular weight is 513 g/mol. The number of benzene rings is 2. The summed E-state index contributed by atoms with van der Waals surface area (Å²) in [6.45, 7) is 7.73. The SMILES string of the molecule is C[C@@H]1CC[C@@H](C(C)(C)c2ccccc2)[C@H](OC(=O)N2CCc3c([nH]c4ccccc34)[C@@H]2C2CCCCC2)C1. The molecular weight excluding hydrogens is 468 g/mol. The predicted octanol–water partition coefficient (Wildman–Crippen LogP) is 8.57. The molecule has 1 aliphatic heterocycles. The van der Waals surface area contributed by atoms with Crippen LogP contribution in [0.25, 0.3) is 10.9 Å². The van der Waals surface area contributed by atoms with E-state index < -0.39 is 0 Å². The molecule has 4 heteroatoms. The number of aromatic nitrogens is 1. The standard InChI is InChI=1S/C34H44N2O2/c1-23-18-19-28(34(2,3)25-14-8-5-9-15-25)30(22-23)38-33(37)36-21-20-27-26-16-10-11-17-29(26)35-31(27)32(36)24-12-6-4-7-13-24/h5,8-11,14-17,23-24,28,30,32,35H,4,6-7,12-13,18-22H2,1-3H3/t23-,28-,30-,32+/m1/s1. The lowest BCUT2D eigenvalue weighted by atomic mass is 9.64. The predicted molar refractivity (Wildman–Crippen MR) is 154 cm³/mol. The molecule has 1 aromatic heterocycles. The fourth-order valence-corrected chi connectivity index (χ4v) is 7.98. The second-order valence-corrected chi connectivity index (χ2v) is 12.9. The molecule has 0 bridgehead atoms. The first-order valence-electron chi connectivity index (χ1n) is 15.1. The summed E-state index contributed by atoms with van der Waals surface area (Å²) >= 11 is 0. The first-order valence-corrected chi connectivity index (χ1v) is 15.1. The summed E-state index contributed by atoms with van der Waals surface area (Å²) in [6, 6.07) is 19.5. The second kappa shape index (κ2) is 10.4. The second-order valence-electron chi connectivity index (χ2n) is 12.9. The summed E-state index contributed by atoms with van der Waals surface area (Å²) < 4.78 is 6.60. The van der Waals surface area contributed by atoms with Gasteiger partial charge >= 0.3 is 6.09 Å². The molecule has 1 N–H and O–H groups in total. The topological polar surface area (TPSA) is 45.3 Å². The molecule has 3 aromatic rings. The van der Waals surface area contributed by atoms with Gasteiger partial charge in [0, 0.05) is 29.1 Å². The molecule has 202 valence electrons. The van der Waals surface area contributed by atoms with Crippen LogP contribution in [0.2, 0.25) is 0 Å². The van der Waals surface area contributed by atoms with E-state index in [0.29, 0.717) is 17.8 Å². The van der Waals surface area contributed by atoms with E-state index in [0.717, 1.165) is 25.8 Å². The number of ether oxygens (including phenoxy) is 1. The van der Waals surface area contributed by atoms with Crippen molar-refractivity contribution in [2.75, 3.05) is 6.54 Å². The summed E-state index contributed by atoms with van der Waals surface area (Å²) in [5.74, 6) is 1.38. The maximum Gasteiger partial charge on any atom is 0.410 e. The molecule has 1 amide bonds. The van der Waals surface area contributed by atoms with Crippen LogP contribution in [0, 0.1) is 17.8 Å². The Morgan fingerprint density at radius 3 is 2.47 bits per heavy atom. The van der Waals surface area contributed by atoms with Gasteiger partial charge in [-0.2, -0.15) is 0 Å². The molecule has 4 atom stereocenters. The summed E-state index contributed by atoms with van der Waals surface area (Å²) in [5.41, 5.74) is 5.15. The first kappa shape index (κ1) is 25.5. The third kappa shape index (κ3) is 4.65. The molecule has 3 aliphatic rings. The highest BCUT2D eigenvalue weighted by Gasteiger charge is 2.45. The van der Waals surface area contributed by atoms with Crippen molar-refractivity contribution in [3.8, 4) is 0 Å². The van der Waals surface area contributed by atoms with Crippen molar-refractivity contribution in [3.63, 3.8) is 0 Å². The molecule has 0 spiro atoms. The molecule has 0 radical (unpaired) electrons. The van der Waals surface area contributed by atoms with Crippen molar-refractivity contribution in [1.82, 2.24) is 9.88 Å². The van der Waals surface area contributed by atoms with E-state index in [1.165, 1.54) is 66.2 Å². The monoisotopic (exact) mass is 512 g/mol. The van der Waals surface area contributed by atoms with Crippen molar-refractivity contribution in [1.29, 1.82) is 0 Å². The Morgan fingerprint density at radius 2 is 1.68 bits per heavy atom. The van der Waals surface area contributed by atoms with Crippen LogP contribution < -0.4 is 0 Å². The van der Waals surface area contributed by atoms with E-state index >= 15 is 0 Å². The normalized spacial score (nSPS) is 26.8. The number of H-pyrrole nitrogens is 1. The highest BCUT2D eigenvalue weighted by Crippen LogP contribution is 2.46. The Morgan fingerprint density at radius 1 is 0.947 bits per heavy atom. The molecule has 2 saturated carbocycles. The number of carbonyl (C=O) groups excluding carboxylic acids is 1. The summed E-state index contributed by atoms with van der Waals surface area (Å²) in [6.07, 6.45) is 10.2. The maximum absolute atomic E-state index is 14.1. The first-order chi connectivity index (χ1) is 18.4. The van der Waals surface area contributed by atoms with E-state index in [1.54, 1.807) is 0 Å². The van der Waals surface area contributed by atoms with Crippen LogP contribution in [-0.4, -0.2) is 28.6 Å². The lowest BCUT2D eigenvalue weighted by Crippen LogP contribution is -2.48. The largest absolute Gasteiger partial charge is 0.446 e. The highest BCUT2D eigenvalue weighted by atomic mass is 16.6. The molecule has 0 saturated heterocycles. The molecule has 0 unspecified atom stereocenters. The van der Waals surface area contributed by atoms with Crippen LogP contribution in [0.3, 0.4) is 0 Å². The molecule has 2 fully saturated rings. The third-order valence-electron chi connectivity index (χ3n) is 10.2. The Balaban J connectivity index is 1.30. The number of hydrogen-bond acceptors (Lipinski definition) is 2. The molecule has 4 nitrogen and oxygen atoms in total. The summed E-state index contributed by atoms with van der Waals surface area (Å²) in [4.78, 5) is 20.0. The summed E-state index contributed by atoms with van der Waals surface area (Å²) in [7, 11) is 0. The Hall–Kier alpha value is -2.75. The number of carbonyl (C=O) groups is 1. The van der Waals surface area contributed by atoms with Crippen LogP contribution in [0.15, 0.2) is 54.6 Å². The minimum Gasteiger partial charge on any atom is -0.446 e. The molecule has 2 aliphatic carbocycles. The van der Waals surface area contributed by atoms with Gasteiger partial charge in [0.05, 0.1) is 6.04 Å². The highest BCUT2D eigenvalue weighted by molar-refractivity contribution is 5.85. The van der Waals surface area contributed by atoms with Crippen molar-refractivity contribution in [3.05, 3.63) is 71.4 Å². The zero-order valence-electron chi connectivity index (χ0n) is 23.4. The van der Waals surface area contributed by atoms with Crippen molar-refractivity contribution < 1.29 is 9.53 Å². The van der Waals surface area contributed by atoms with Gasteiger partial charge in [0.25, 0.3) is 0 Å². The van der Waals surface area contributed by atoms with Crippen LogP contribution in [0.1, 0.15) is 95.0 Å². The van der Waals surface area contributed by atoms with E-state index in [9.17, 15) is 4.79 Å². The number of rotatable bonds is 4. The van der Waals surface area contributed by atoms with Gasteiger partial charge in [0.1, 0.15) is 6.10 Å². The van der Waals surface area contributed by atoms with Gasteiger partial charge in [-0.25, -0.2) is 4.79 Å². The fourth-order valence-electron chi connectivity index (χ4n) is 7.98. The van der Waals surface area contributed by atoms with E-state index in [-0.39, 0.29) is 23.7 Å². The number of hydrogen-bond donors (Lipinski definition) is 1. The molecule has 6 rings (SSSR count). The zero-order valence-corrected chi connectivity index (χ0v) is 23.4. The average Bonchev–Trinajstić information content (AvgIpc) is 3.32. The van der Waals surface area contributed by atoms with Crippen molar-refractivity contribution in [2.24, 2.45) is 17.8 Å². The van der Waals surface area contributed by atoms with Crippen LogP contribution in [0.4, 0.5) is 4.79 Å². The van der Waals surface area contributed by atoms with Crippen molar-refractivity contribution in [2.45, 2.75) is 96.1 Å². The zero-order chi connectivity index (χ0) is 26.3. The van der Waals surface area contributed by atoms with Gasteiger partial charge in [-0.15, -0.1) is 0 Å². The van der Waals surface area contributed by atoms with Gasteiger partial charge in [-0.1, -0.05) is 95.0 Å². The minimum absolute atomic E-state index is 0.0542. The summed E-state index contributed by atoms with van der Waals surface area (Å²) in [5, 5.41) is 1.32. The Kier molecular flexibility index (Phi) is 7.01. The lowest BCUT2D eigenvalue weighted by molar-refractivity contribution is -0.0291. The Labute approximate surface area is 228 Å². The van der Waals surface area contributed by atoms with Gasteiger partial charge in [0.15, 0.2) is 0 Å². The number of nitrogens with zero attached hydrogens (tertiary/aromatic N) is 1. The van der Waals surface area contributed by atoms with Gasteiger partial charge < -0.3 is 9.72 Å². The molecule has 38 heavy (non-hydrogen) atoms. The van der Waals surface area contributed by atoms with Crippen molar-refractivity contribution >= 4 is 17.0 Å². The van der Waals surface area contributed by atoms with Gasteiger partial charge in [-0.05, 0) is 66.5 Å². The van der Waals surface area contributed by atoms with E-state index in [2.05, 4.69) is 85.3 Å². The quantitative estimate of drug-likeness (QED) is 0.380. The smallest absolute Gasteiger partial charge is 0.410 e. The fraction of sp³-hybridized carbons (Fsp3) is 0.559. The number of nitrogens with one attached hydrogen (secondary N) is 1. The van der Waals surface area contributed by atoms with Crippen LogP contribution in [-0.2, 0) is 16.6 Å². The maximum atomic E-state index is 14.1. The number of fused-ring (bicyclic) bond motifs is 3. The Bertz CT molecular complexity index is 1260. The van der Waals surface area contributed by atoms with E-state index in [4.69, 9.17) is 4.74 Å².